The Bertz CT molecular complexity index is 413. The van der Waals surface area contributed by atoms with Crippen LogP contribution < -0.4 is 5.73 Å². The minimum atomic E-state index is -0.522. The Labute approximate surface area is 87.7 Å². The summed E-state index contributed by atoms with van der Waals surface area (Å²) in [5.41, 5.74) is 7.40. The monoisotopic (exact) mass is 214 g/mol. The number of benzene rings is 1. The number of aromatic amines is 1. The lowest BCUT2D eigenvalue weighted by atomic mass is 10.1. The molecular formula is C10H12ClFN2. The van der Waals surface area contributed by atoms with Crippen molar-refractivity contribution in [1.82, 2.24) is 4.98 Å². The minimum absolute atomic E-state index is 0. The molecule has 0 aliphatic heterocycles. The molecule has 0 fully saturated rings. The van der Waals surface area contributed by atoms with Gasteiger partial charge in [-0.1, -0.05) is 12.1 Å². The van der Waals surface area contributed by atoms with Crippen molar-refractivity contribution < 1.29 is 4.39 Å². The van der Waals surface area contributed by atoms with Gasteiger partial charge in [0.15, 0.2) is 0 Å². The summed E-state index contributed by atoms with van der Waals surface area (Å²) >= 11 is 0. The quantitative estimate of drug-likeness (QED) is 0.793. The second kappa shape index (κ2) is 4.44. The van der Waals surface area contributed by atoms with Crippen LogP contribution in [0.15, 0.2) is 30.5 Å². The first-order valence-electron chi connectivity index (χ1n) is 4.20. The van der Waals surface area contributed by atoms with Crippen molar-refractivity contribution in [3.05, 3.63) is 36.0 Å². The fourth-order valence-electron chi connectivity index (χ4n) is 1.39. The fraction of sp³-hybridized carbons (Fsp3) is 0.200. The highest BCUT2D eigenvalue weighted by molar-refractivity contribution is 5.85. The Morgan fingerprint density at radius 2 is 2.14 bits per heavy atom. The van der Waals surface area contributed by atoms with Gasteiger partial charge < -0.3 is 10.7 Å². The Balaban J connectivity index is 0.000000980. The maximum Gasteiger partial charge on any atom is 0.109 e. The molecule has 2 nitrogen and oxygen atoms in total. The summed E-state index contributed by atoms with van der Waals surface area (Å²) in [6, 6.07) is 7.16. The Hall–Kier alpha value is -1.06. The smallest absolute Gasteiger partial charge is 0.109 e. The van der Waals surface area contributed by atoms with Crippen LogP contribution >= 0.6 is 12.4 Å². The van der Waals surface area contributed by atoms with Gasteiger partial charge in [0.05, 0.1) is 6.04 Å². The molecule has 0 radical (unpaired) electrons. The van der Waals surface area contributed by atoms with Gasteiger partial charge >= 0.3 is 0 Å². The van der Waals surface area contributed by atoms with Gasteiger partial charge in [0.25, 0.3) is 0 Å². The zero-order valence-electron chi connectivity index (χ0n) is 7.53. The van der Waals surface area contributed by atoms with E-state index < -0.39 is 12.7 Å². The fourth-order valence-corrected chi connectivity index (χ4v) is 1.39. The number of H-pyrrole nitrogens is 1. The lowest BCUT2D eigenvalue weighted by Gasteiger charge is -2.06. The van der Waals surface area contributed by atoms with Gasteiger partial charge in [-0.2, -0.15) is 0 Å². The highest BCUT2D eigenvalue weighted by atomic mass is 35.5. The molecule has 0 saturated heterocycles. The number of nitrogens with two attached hydrogens (primary N) is 1. The van der Waals surface area contributed by atoms with Crippen LogP contribution in [0.1, 0.15) is 11.6 Å². The van der Waals surface area contributed by atoms with E-state index in [0.29, 0.717) is 0 Å². The molecule has 0 aliphatic carbocycles. The van der Waals surface area contributed by atoms with Crippen LogP contribution in [-0.4, -0.2) is 11.7 Å². The molecule has 1 aromatic heterocycles. The third-order valence-electron chi connectivity index (χ3n) is 2.17. The number of hydrogen-bond acceptors (Lipinski definition) is 1. The van der Waals surface area contributed by atoms with Gasteiger partial charge in [0, 0.05) is 11.7 Å². The van der Waals surface area contributed by atoms with E-state index in [2.05, 4.69) is 4.98 Å². The van der Waals surface area contributed by atoms with Crippen LogP contribution in [0.25, 0.3) is 10.9 Å². The number of aromatic nitrogens is 1. The normalized spacial score (nSPS) is 12.4. The van der Waals surface area contributed by atoms with E-state index in [1.54, 1.807) is 0 Å². The van der Waals surface area contributed by atoms with Crippen molar-refractivity contribution in [1.29, 1.82) is 0 Å². The third kappa shape index (κ3) is 1.89. The zero-order valence-corrected chi connectivity index (χ0v) is 8.35. The molecule has 1 atom stereocenters. The zero-order chi connectivity index (χ0) is 9.26. The molecule has 4 heteroatoms. The van der Waals surface area contributed by atoms with E-state index in [1.165, 1.54) is 0 Å². The number of halogens is 2. The number of rotatable bonds is 2. The van der Waals surface area contributed by atoms with Gasteiger partial charge in [-0.05, 0) is 23.1 Å². The molecule has 0 spiro atoms. The topological polar surface area (TPSA) is 41.8 Å². The molecule has 0 unspecified atom stereocenters. The van der Waals surface area contributed by atoms with Crippen molar-refractivity contribution in [3.8, 4) is 0 Å². The van der Waals surface area contributed by atoms with E-state index in [4.69, 9.17) is 5.73 Å². The number of alkyl halides is 1. The highest BCUT2D eigenvalue weighted by Crippen LogP contribution is 2.18. The van der Waals surface area contributed by atoms with E-state index in [1.807, 2.05) is 30.5 Å². The Morgan fingerprint density at radius 1 is 1.36 bits per heavy atom. The Morgan fingerprint density at radius 3 is 2.86 bits per heavy atom. The largest absolute Gasteiger partial charge is 0.361 e. The first-order valence-corrected chi connectivity index (χ1v) is 4.20. The Kier molecular flexibility index (Phi) is 3.49. The summed E-state index contributed by atoms with van der Waals surface area (Å²) in [5, 5.41) is 1.12. The standard InChI is InChI=1S/C10H11FN2.ClH/c11-6-9(12)8-2-1-7-3-4-13-10(7)5-8;/h1-5,9,13H,6,12H2;1H/t9-;/m1./s1. The van der Waals surface area contributed by atoms with Crippen LogP contribution in [0.2, 0.25) is 0 Å². The van der Waals surface area contributed by atoms with E-state index in [-0.39, 0.29) is 12.4 Å². The summed E-state index contributed by atoms with van der Waals surface area (Å²) < 4.78 is 12.3. The van der Waals surface area contributed by atoms with Crippen molar-refractivity contribution in [2.75, 3.05) is 6.67 Å². The van der Waals surface area contributed by atoms with Crippen LogP contribution in [0.5, 0.6) is 0 Å². The summed E-state index contributed by atoms with van der Waals surface area (Å²) in [4.78, 5) is 3.06. The third-order valence-corrected chi connectivity index (χ3v) is 2.17. The summed E-state index contributed by atoms with van der Waals surface area (Å²) in [5.74, 6) is 0. The second-order valence-corrected chi connectivity index (χ2v) is 3.09. The average molecular weight is 215 g/mol. The van der Waals surface area contributed by atoms with Gasteiger partial charge in [0.2, 0.25) is 0 Å². The van der Waals surface area contributed by atoms with Crippen LogP contribution in [0.3, 0.4) is 0 Å². The van der Waals surface area contributed by atoms with Crippen molar-refractivity contribution >= 4 is 23.3 Å². The summed E-state index contributed by atoms with van der Waals surface area (Å²) in [6.07, 6.45) is 1.86. The first-order chi connectivity index (χ1) is 6.31. The van der Waals surface area contributed by atoms with Gasteiger partial charge in [-0.3, -0.25) is 0 Å². The summed E-state index contributed by atoms with van der Waals surface area (Å²) in [6.45, 7) is -0.522. The molecule has 0 aliphatic rings. The number of nitrogens with one attached hydrogen (secondary N) is 1. The molecule has 0 bridgehead atoms. The molecule has 2 rings (SSSR count). The van der Waals surface area contributed by atoms with Gasteiger partial charge in [-0.25, -0.2) is 4.39 Å². The molecule has 3 N–H and O–H groups in total. The van der Waals surface area contributed by atoms with Crippen LogP contribution in [0.4, 0.5) is 4.39 Å². The van der Waals surface area contributed by atoms with Crippen LogP contribution in [0, 0.1) is 0 Å². The number of fused-ring (bicyclic) bond motifs is 1. The molecule has 1 aromatic carbocycles. The average Bonchev–Trinajstić information content (AvgIpc) is 2.63. The first kappa shape index (κ1) is 11.0. The van der Waals surface area contributed by atoms with Gasteiger partial charge in [0.1, 0.15) is 6.67 Å². The number of hydrogen-bond donors (Lipinski definition) is 2. The molecule has 0 saturated carbocycles. The predicted octanol–water partition coefficient (Wildman–Crippen LogP) is 2.56. The van der Waals surface area contributed by atoms with Crippen LogP contribution in [-0.2, 0) is 0 Å². The maximum atomic E-state index is 12.3. The predicted molar refractivity (Wildman–Crippen MR) is 58.5 cm³/mol. The highest BCUT2D eigenvalue weighted by Gasteiger charge is 2.05. The second-order valence-electron chi connectivity index (χ2n) is 3.09. The van der Waals surface area contributed by atoms with E-state index in [9.17, 15) is 4.39 Å². The lowest BCUT2D eigenvalue weighted by molar-refractivity contribution is 0.437. The van der Waals surface area contributed by atoms with Crippen molar-refractivity contribution in [2.45, 2.75) is 6.04 Å². The maximum absolute atomic E-state index is 12.3. The lowest BCUT2D eigenvalue weighted by Crippen LogP contribution is -2.11. The molecular weight excluding hydrogens is 203 g/mol. The van der Waals surface area contributed by atoms with Crippen molar-refractivity contribution in [2.24, 2.45) is 5.73 Å². The van der Waals surface area contributed by atoms with E-state index in [0.717, 1.165) is 16.5 Å². The molecule has 76 valence electrons. The van der Waals surface area contributed by atoms with E-state index >= 15 is 0 Å². The molecule has 0 amide bonds. The molecule has 1 heterocycles. The molecule has 14 heavy (non-hydrogen) atoms. The molecule has 2 aromatic rings. The SMILES string of the molecule is Cl.N[C@H](CF)c1ccc2cc[nH]c2c1. The minimum Gasteiger partial charge on any atom is -0.361 e. The summed E-state index contributed by atoms with van der Waals surface area (Å²) in [7, 11) is 0. The van der Waals surface area contributed by atoms with Gasteiger partial charge in [-0.15, -0.1) is 12.4 Å². The van der Waals surface area contributed by atoms with Crippen molar-refractivity contribution in [3.63, 3.8) is 0 Å².